The van der Waals surface area contributed by atoms with Crippen molar-refractivity contribution in [2.45, 2.75) is 19.8 Å². The van der Waals surface area contributed by atoms with Crippen LogP contribution in [0.5, 0.6) is 0 Å². The molecule has 0 bridgehead atoms. The summed E-state index contributed by atoms with van der Waals surface area (Å²) in [6.45, 7) is 2.03. The lowest BCUT2D eigenvalue weighted by molar-refractivity contribution is 0.0989. The minimum atomic E-state index is -0.282. The molecule has 0 aliphatic heterocycles. The van der Waals surface area contributed by atoms with E-state index >= 15 is 0 Å². The van der Waals surface area contributed by atoms with Crippen LogP contribution in [0.4, 0.5) is 11.4 Å². The van der Waals surface area contributed by atoms with Crippen molar-refractivity contribution in [3.63, 3.8) is 0 Å². The number of rotatable bonds is 4. The fraction of sp³-hybridized carbons (Fsp3) is 0.267. The number of aromatic nitrogens is 2. The molecule has 1 aromatic carbocycles. The summed E-state index contributed by atoms with van der Waals surface area (Å²) in [5, 5.41) is 15.6. The average molecular weight is 283 g/mol. The molecule has 0 saturated heterocycles. The number of nitrogen functional groups attached to an aromatic ring is 1. The predicted octanol–water partition coefficient (Wildman–Crippen LogP) is 2.09. The molecule has 2 aromatic rings. The lowest BCUT2D eigenvalue weighted by Gasteiger charge is -2.16. The van der Waals surface area contributed by atoms with Crippen molar-refractivity contribution in [1.82, 2.24) is 10.2 Å². The van der Waals surface area contributed by atoms with Gasteiger partial charge in [0, 0.05) is 12.7 Å². The van der Waals surface area contributed by atoms with Gasteiger partial charge in [-0.05, 0) is 30.7 Å². The van der Waals surface area contributed by atoms with Gasteiger partial charge >= 0.3 is 0 Å². The molecule has 0 aliphatic carbocycles. The molecule has 0 fully saturated rings. The molecule has 108 valence electrons. The Balaban J connectivity index is 2.24. The van der Waals surface area contributed by atoms with Gasteiger partial charge in [0.1, 0.15) is 0 Å². The van der Waals surface area contributed by atoms with E-state index in [1.54, 1.807) is 31.3 Å². The van der Waals surface area contributed by atoms with Crippen LogP contribution >= 0.6 is 0 Å². The Kier molecular flexibility index (Phi) is 4.24. The van der Waals surface area contributed by atoms with Gasteiger partial charge in [-0.15, -0.1) is 0 Å². The van der Waals surface area contributed by atoms with Gasteiger partial charge in [0.15, 0.2) is 5.69 Å². The summed E-state index contributed by atoms with van der Waals surface area (Å²) in [4.78, 5) is 13.9. The van der Waals surface area contributed by atoms with E-state index in [0.29, 0.717) is 16.9 Å². The molecule has 3 N–H and O–H groups in total. The zero-order valence-electron chi connectivity index (χ0n) is 12.1. The zero-order chi connectivity index (χ0) is 15.4. The minimum Gasteiger partial charge on any atom is -0.395 e. The first-order valence-corrected chi connectivity index (χ1v) is 6.69. The number of nitriles is 1. The van der Waals surface area contributed by atoms with E-state index in [4.69, 9.17) is 11.0 Å². The van der Waals surface area contributed by atoms with Gasteiger partial charge in [0.2, 0.25) is 0 Å². The summed E-state index contributed by atoms with van der Waals surface area (Å²) in [7, 11) is 1.65. The van der Waals surface area contributed by atoms with Crippen molar-refractivity contribution in [2.75, 3.05) is 17.7 Å². The summed E-state index contributed by atoms with van der Waals surface area (Å²) < 4.78 is 0. The number of nitrogens with one attached hydrogen (secondary N) is 1. The van der Waals surface area contributed by atoms with Crippen molar-refractivity contribution in [3.8, 4) is 6.07 Å². The van der Waals surface area contributed by atoms with Crippen LogP contribution in [0.15, 0.2) is 24.3 Å². The number of carbonyl (C=O) groups excluding carboxylic acids is 1. The molecule has 0 spiro atoms. The normalized spacial score (nSPS) is 10.1. The number of hydrogen-bond acceptors (Lipinski definition) is 4. The Bertz CT molecular complexity index is 681. The lowest BCUT2D eigenvalue weighted by atomic mass is 10.2. The zero-order valence-corrected chi connectivity index (χ0v) is 12.1. The van der Waals surface area contributed by atoms with E-state index in [-0.39, 0.29) is 11.6 Å². The number of aryl methyl sites for hydroxylation is 1. The monoisotopic (exact) mass is 283 g/mol. The van der Waals surface area contributed by atoms with Gasteiger partial charge in [-0.3, -0.25) is 9.89 Å². The number of amides is 1. The van der Waals surface area contributed by atoms with Crippen molar-refractivity contribution in [3.05, 3.63) is 41.2 Å². The molecule has 6 nitrogen and oxygen atoms in total. The van der Waals surface area contributed by atoms with Crippen LogP contribution in [-0.4, -0.2) is 23.2 Å². The first-order valence-electron chi connectivity index (χ1n) is 6.69. The third-order valence-electron chi connectivity index (χ3n) is 3.27. The molecule has 0 aliphatic rings. The molecule has 6 heteroatoms. The quantitative estimate of drug-likeness (QED) is 0.897. The molecule has 0 unspecified atom stereocenters. The number of nitrogens with zero attached hydrogens (tertiary/aromatic N) is 3. The van der Waals surface area contributed by atoms with Crippen LogP contribution in [-0.2, 0) is 6.42 Å². The second-order valence-corrected chi connectivity index (χ2v) is 4.74. The van der Waals surface area contributed by atoms with Crippen molar-refractivity contribution in [2.24, 2.45) is 0 Å². The maximum Gasteiger partial charge on any atom is 0.280 e. The maximum absolute atomic E-state index is 12.4. The molecule has 2 rings (SSSR count). The Morgan fingerprint density at radius 2 is 2.10 bits per heavy atom. The van der Waals surface area contributed by atoms with E-state index in [1.807, 2.05) is 13.0 Å². The SMILES string of the molecule is CCCc1[nH]nc(C(=O)N(C)c2ccc(C#N)cc2)c1N. The lowest BCUT2D eigenvalue weighted by Crippen LogP contribution is -2.27. The van der Waals surface area contributed by atoms with Crippen LogP contribution in [0, 0.1) is 11.3 Å². The minimum absolute atomic E-state index is 0.227. The third-order valence-corrected chi connectivity index (χ3v) is 3.27. The highest BCUT2D eigenvalue weighted by Crippen LogP contribution is 2.20. The number of H-pyrrole nitrogens is 1. The number of aromatic amines is 1. The van der Waals surface area contributed by atoms with E-state index in [9.17, 15) is 4.79 Å². The van der Waals surface area contributed by atoms with E-state index in [1.165, 1.54) is 4.90 Å². The number of benzene rings is 1. The first-order chi connectivity index (χ1) is 10.1. The molecule has 0 radical (unpaired) electrons. The number of hydrogen-bond donors (Lipinski definition) is 2. The van der Waals surface area contributed by atoms with Crippen LogP contribution in [0.2, 0.25) is 0 Å². The highest BCUT2D eigenvalue weighted by molar-refractivity contribution is 6.07. The number of nitrogens with two attached hydrogens (primary N) is 1. The Hall–Kier alpha value is -2.81. The summed E-state index contributed by atoms with van der Waals surface area (Å²) >= 11 is 0. The standard InChI is InChI=1S/C15H17N5O/c1-3-4-12-13(17)14(19-18-12)15(21)20(2)11-7-5-10(9-16)6-8-11/h5-8H,3-4,17H2,1-2H3,(H,18,19). The molecule has 1 amide bonds. The van der Waals surface area contributed by atoms with Crippen LogP contribution in [0.25, 0.3) is 0 Å². The van der Waals surface area contributed by atoms with Crippen molar-refractivity contribution < 1.29 is 4.79 Å². The molecule has 0 saturated carbocycles. The highest BCUT2D eigenvalue weighted by Gasteiger charge is 2.21. The highest BCUT2D eigenvalue weighted by atomic mass is 16.2. The molecule has 1 heterocycles. The Morgan fingerprint density at radius 1 is 1.43 bits per heavy atom. The summed E-state index contributed by atoms with van der Waals surface area (Å²) in [6, 6.07) is 8.79. The average Bonchev–Trinajstić information content (AvgIpc) is 2.87. The van der Waals surface area contributed by atoms with E-state index in [0.717, 1.165) is 18.5 Å². The van der Waals surface area contributed by atoms with Gasteiger partial charge < -0.3 is 10.6 Å². The molecular formula is C15H17N5O. The fourth-order valence-electron chi connectivity index (χ4n) is 2.03. The fourth-order valence-corrected chi connectivity index (χ4v) is 2.03. The van der Waals surface area contributed by atoms with Crippen LogP contribution < -0.4 is 10.6 Å². The van der Waals surface area contributed by atoms with Crippen molar-refractivity contribution >= 4 is 17.3 Å². The second kappa shape index (κ2) is 6.09. The summed E-state index contributed by atoms with van der Waals surface area (Å²) in [6.07, 6.45) is 1.68. The van der Waals surface area contributed by atoms with Crippen LogP contribution in [0.1, 0.15) is 35.1 Å². The van der Waals surface area contributed by atoms with Crippen molar-refractivity contribution in [1.29, 1.82) is 5.26 Å². The van der Waals surface area contributed by atoms with Gasteiger partial charge in [0.05, 0.1) is 23.0 Å². The molecule has 21 heavy (non-hydrogen) atoms. The second-order valence-electron chi connectivity index (χ2n) is 4.74. The summed E-state index contributed by atoms with van der Waals surface area (Å²) in [5.41, 5.74) is 8.61. The Labute approximate surface area is 123 Å². The van der Waals surface area contributed by atoms with Gasteiger partial charge in [-0.2, -0.15) is 10.4 Å². The topological polar surface area (TPSA) is 98.8 Å². The first kappa shape index (κ1) is 14.6. The summed E-state index contributed by atoms with van der Waals surface area (Å²) in [5.74, 6) is -0.282. The predicted molar refractivity (Wildman–Crippen MR) is 80.9 cm³/mol. The van der Waals surface area contributed by atoms with Crippen LogP contribution in [0.3, 0.4) is 0 Å². The van der Waals surface area contributed by atoms with Gasteiger partial charge in [-0.25, -0.2) is 0 Å². The maximum atomic E-state index is 12.4. The van der Waals surface area contributed by atoms with Gasteiger partial charge in [-0.1, -0.05) is 13.3 Å². The largest absolute Gasteiger partial charge is 0.395 e. The Morgan fingerprint density at radius 3 is 2.67 bits per heavy atom. The number of carbonyl (C=O) groups is 1. The number of anilines is 2. The van der Waals surface area contributed by atoms with Gasteiger partial charge in [0.25, 0.3) is 5.91 Å². The third kappa shape index (κ3) is 2.87. The van der Waals surface area contributed by atoms with E-state index in [2.05, 4.69) is 10.2 Å². The molecule has 1 aromatic heterocycles. The smallest absolute Gasteiger partial charge is 0.280 e. The molecule has 0 atom stereocenters. The molecular weight excluding hydrogens is 266 g/mol. The van der Waals surface area contributed by atoms with E-state index < -0.39 is 0 Å².